The standard InChI is InChI=1S/C20H14O6/c1-23-16-7-11(2-4-14(16)21)17-13-8-24-20(22)12(13)6-10-3-5-15-19(18(10)17)26-9-25-15/h2-7,21H,8-9H2,1H3. The summed E-state index contributed by atoms with van der Waals surface area (Å²) in [7, 11) is 1.49. The van der Waals surface area contributed by atoms with E-state index < -0.39 is 0 Å². The molecule has 0 fully saturated rings. The third kappa shape index (κ3) is 1.95. The van der Waals surface area contributed by atoms with Gasteiger partial charge in [0.25, 0.3) is 0 Å². The maximum Gasteiger partial charge on any atom is 0.338 e. The van der Waals surface area contributed by atoms with Gasteiger partial charge < -0.3 is 24.1 Å². The number of methoxy groups -OCH3 is 1. The highest BCUT2D eigenvalue weighted by atomic mass is 16.7. The van der Waals surface area contributed by atoms with Gasteiger partial charge in [0.15, 0.2) is 23.0 Å². The molecule has 26 heavy (non-hydrogen) atoms. The van der Waals surface area contributed by atoms with Crippen LogP contribution in [0.2, 0.25) is 0 Å². The van der Waals surface area contributed by atoms with Crippen molar-refractivity contribution in [2.75, 3.05) is 13.9 Å². The molecule has 130 valence electrons. The van der Waals surface area contributed by atoms with Crippen LogP contribution in [0.5, 0.6) is 23.0 Å². The molecule has 0 saturated heterocycles. The second-order valence-electron chi connectivity index (χ2n) is 6.14. The van der Waals surface area contributed by atoms with Gasteiger partial charge in [-0.05, 0) is 35.2 Å². The van der Waals surface area contributed by atoms with E-state index in [1.807, 2.05) is 18.2 Å². The molecule has 0 bridgehead atoms. The lowest BCUT2D eigenvalue weighted by atomic mass is 9.90. The van der Waals surface area contributed by atoms with Crippen molar-refractivity contribution >= 4 is 16.7 Å². The van der Waals surface area contributed by atoms with Crippen molar-refractivity contribution in [2.45, 2.75) is 6.61 Å². The second kappa shape index (κ2) is 5.29. The zero-order valence-corrected chi connectivity index (χ0v) is 13.9. The summed E-state index contributed by atoms with van der Waals surface area (Å²) in [5.74, 6) is 1.36. The minimum Gasteiger partial charge on any atom is -0.504 e. The highest BCUT2D eigenvalue weighted by Crippen LogP contribution is 2.48. The minimum atomic E-state index is -0.341. The highest BCUT2D eigenvalue weighted by molar-refractivity contribution is 6.10. The van der Waals surface area contributed by atoms with Crippen molar-refractivity contribution in [1.82, 2.24) is 0 Å². The zero-order chi connectivity index (χ0) is 17.8. The molecule has 0 aliphatic carbocycles. The first kappa shape index (κ1) is 14.9. The molecule has 0 saturated carbocycles. The Kier molecular flexibility index (Phi) is 3.03. The van der Waals surface area contributed by atoms with Gasteiger partial charge in [-0.2, -0.15) is 0 Å². The van der Waals surface area contributed by atoms with Crippen LogP contribution < -0.4 is 14.2 Å². The number of carbonyl (C=O) groups is 1. The van der Waals surface area contributed by atoms with Crippen LogP contribution in [0.25, 0.3) is 21.9 Å². The van der Waals surface area contributed by atoms with Crippen LogP contribution in [0.1, 0.15) is 15.9 Å². The van der Waals surface area contributed by atoms with Crippen LogP contribution in [0.3, 0.4) is 0 Å². The Labute approximate surface area is 148 Å². The molecule has 0 aromatic heterocycles. The largest absolute Gasteiger partial charge is 0.504 e. The Bertz CT molecular complexity index is 1090. The number of phenolic OH excluding ortho intramolecular Hbond substituents is 1. The molecule has 2 heterocycles. The average molecular weight is 350 g/mol. The molecule has 0 amide bonds. The smallest absolute Gasteiger partial charge is 0.338 e. The third-order valence-corrected chi connectivity index (χ3v) is 4.78. The van der Waals surface area contributed by atoms with Crippen molar-refractivity contribution in [3.05, 3.63) is 47.5 Å². The first-order chi connectivity index (χ1) is 12.7. The van der Waals surface area contributed by atoms with E-state index in [-0.39, 0.29) is 25.1 Å². The van der Waals surface area contributed by atoms with Crippen molar-refractivity contribution in [1.29, 1.82) is 0 Å². The van der Waals surface area contributed by atoms with Gasteiger partial charge in [-0.15, -0.1) is 0 Å². The van der Waals surface area contributed by atoms with Crippen molar-refractivity contribution in [3.8, 4) is 34.1 Å². The lowest BCUT2D eigenvalue weighted by molar-refractivity contribution is 0.0535. The number of phenols is 1. The lowest BCUT2D eigenvalue weighted by Gasteiger charge is -2.14. The van der Waals surface area contributed by atoms with E-state index in [1.54, 1.807) is 18.2 Å². The number of esters is 1. The molecule has 0 spiro atoms. The van der Waals surface area contributed by atoms with Crippen LogP contribution in [-0.4, -0.2) is 25.0 Å². The summed E-state index contributed by atoms with van der Waals surface area (Å²) in [4.78, 5) is 12.2. The van der Waals surface area contributed by atoms with Crippen molar-refractivity contribution < 1.29 is 28.8 Å². The van der Waals surface area contributed by atoms with E-state index in [2.05, 4.69) is 0 Å². The van der Waals surface area contributed by atoms with E-state index in [4.69, 9.17) is 18.9 Å². The monoisotopic (exact) mass is 350 g/mol. The number of rotatable bonds is 2. The molecule has 2 aliphatic rings. The average Bonchev–Trinajstić information content (AvgIpc) is 3.27. The van der Waals surface area contributed by atoms with Crippen LogP contribution in [0, 0.1) is 0 Å². The normalized spacial score (nSPS) is 14.4. The number of ether oxygens (including phenoxy) is 4. The van der Waals surface area contributed by atoms with Crippen molar-refractivity contribution in [3.63, 3.8) is 0 Å². The molecular formula is C20H14O6. The number of hydrogen-bond acceptors (Lipinski definition) is 6. The Hall–Kier alpha value is -3.41. The molecule has 0 unspecified atom stereocenters. The fourth-order valence-electron chi connectivity index (χ4n) is 3.59. The number of fused-ring (bicyclic) bond motifs is 4. The minimum absolute atomic E-state index is 0.0465. The highest BCUT2D eigenvalue weighted by Gasteiger charge is 2.30. The number of cyclic esters (lactones) is 1. The molecule has 6 heteroatoms. The molecule has 3 aromatic carbocycles. The predicted octanol–water partition coefficient (Wildman–Crippen LogP) is 3.62. The fraction of sp³-hybridized carbons (Fsp3) is 0.150. The molecular weight excluding hydrogens is 336 g/mol. The summed E-state index contributed by atoms with van der Waals surface area (Å²) in [5.41, 5.74) is 2.95. The first-order valence-electron chi connectivity index (χ1n) is 8.10. The fourth-order valence-corrected chi connectivity index (χ4v) is 3.59. The van der Waals surface area contributed by atoms with E-state index in [0.717, 1.165) is 27.5 Å². The van der Waals surface area contributed by atoms with E-state index in [9.17, 15) is 9.90 Å². The van der Waals surface area contributed by atoms with Gasteiger partial charge in [0.1, 0.15) is 6.61 Å². The maximum atomic E-state index is 12.2. The molecule has 5 rings (SSSR count). The maximum absolute atomic E-state index is 12.2. The first-order valence-corrected chi connectivity index (χ1v) is 8.10. The molecule has 2 aliphatic heterocycles. The summed E-state index contributed by atoms with van der Waals surface area (Å²) in [6.07, 6.45) is 0. The molecule has 0 radical (unpaired) electrons. The van der Waals surface area contributed by atoms with Crippen LogP contribution in [0.4, 0.5) is 0 Å². The van der Waals surface area contributed by atoms with Gasteiger partial charge in [0.05, 0.1) is 12.7 Å². The molecule has 3 aromatic rings. The predicted molar refractivity (Wildman–Crippen MR) is 92.8 cm³/mol. The van der Waals surface area contributed by atoms with Crippen LogP contribution >= 0.6 is 0 Å². The van der Waals surface area contributed by atoms with Gasteiger partial charge in [-0.1, -0.05) is 12.1 Å². The van der Waals surface area contributed by atoms with E-state index in [1.165, 1.54) is 7.11 Å². The topological polar surface area (TPSA) is 74.2 Å². The number of benzene rings is 3. The molecule has 0 atom stereocenters. The Morgan fingerprint density at radius 3 is 2.81 bits per heavy atom. The number of aromatic hydroxyl groups is 1. The Balaban J connectivity index is 1.91. The number of hydrogen-bond donors (Lipinski definition) is 1. The van der Waals surface area contributed by atoms with Crippen molar-refractivity contribution in [2.24, 2.45) is 0 Å². The molecule has 6 nitrogen and oxygen atoms in total. The van der Waals surface area contributed by atoms with E-state index >= 15 is 0 Å². The number of carbonyl (C=O) groups excluding carboxylic acids is 1. The SMILES string of the molecule is COc1cc(-c2c3c(cc4ccc5c(c24)OCO5)C(=O)OC3)ccc1O. The van der Waals surface area contributed by atoms with Gasteiger partial charge in [0.2, 0.25) is 6.79 Å². The summed E-state index contributed by atoms with van der Waals surface area (Å²) >= 11 is 0. The second-order valence-corrected chi connectivity index (χ2v) is 6.14. The van der Waals surface area contributed by atoms with Gasteiger partial charge in [-0.25, -0.2) is 4.79 Å². The van der Waals surface area contributed by atoms with Crippen LogP contribution in [0.15, 0.2) is 36.4 Å². The Morgan fingerprint density at radius 1 is 1.08 bits per heavy atom. The molecule has 1 N–H and O–H groups in total. The Morgan fingerprint density at radius 2 is 1.96 bits per heavy atom. The van der Waals surface area contributed by atoms with Gasteiger partial charge in [-0.3, -0.25) is 0 Å². The third-order valence-electron chi connectivity index (χ3n) is 4.78. The van der Waals surface area contributed by atoms with Gasteiger partial charge >= 0.3 is 5.97 Å². The van der Waals surface area contributed by atoms with E-state index in [0.29, 0.717) is 22.8 Å². The van der Waals surface area contributed by atoms with Gasteiger partial charge in [0, 0.05) is 16.5 Å². The quantitative estimate of drug-likeness (QED) is 0.712. The summed E-state index contributed by atoms with van der Waals surface area (Å²) in [6.45, 7) is 0.340. The van der Waals surface area contributed by atoms with Crippen LogP contribution in [-0.2, 0) is 11.3 Å². The summed E-state index contributed by atoms with van der Waals surface area (Å²) < 4.78 is 21.7. The zero-order valence-electron chi connectivity index (χ0n) is 13.9. The lowest BCUT2D eigenvalue weighted by Crippen LogP contribution is -1.97. The summed E-state index contributed by atoms with van der Waals surface area (Å²) in [6, 6.07) is 10.6. The summed E-state index contributed by atoms with van der Waals surface area (Å²) in [5, 5.41) is 11.6.